The van der Waals surface area contributed by atoms with Crippen molar-refractivity contribution in [3.05, 3.63) is 11.6 Å². The van der Waals surface area contributed by atoms with E-state index in [0.717, 1.165) is 50.5 Å². The van der Waals surface area contributed by atoms with Gasteiger partial charge in [-0.15, -0.1) is 0 Å². The van der Waals surface area contributed by atoms with Crippen LogP contribution in [0.15, 0.2) is 11.6 Å². The van der Waals surface area contributed by atoms with Crippen molar-refractivity contribution in [2.75, 3.05) is 0 Å². The average Bonchev–Trinajstić information content (AvgIpc) is 3.20. The summed E-state index contributed by atoms with van der Waals surface area (Å²) in [6.45, 7) is 0. The molecule has 2 nitrogen and oxygen atoms in total. The molecular weight excluding hydrogens is 212 g/mol. The molecule has 2 fully saturated rings. The topological polar surface area (TPSA) is 34.1 Å². The van der Waals surface area contributed by atoms with Crippen LogP contribution in [0.3, 0.4) is 0 Å². The molecule has 0 aromatic rings. The molecule has 0 aromatic carbocycles. The van der Waals surface area contributed by atoms with Crippen LogP contribution < -0.4 is 0 Å². The zero-order valence-corrected chi connectivity index (χ0v) is 10.3. The van der Waals surface area contributed by atoms with Crippen molar-refractivity contribution in [2.45, 2.75) is 51.4 Å². The fourth-order valence-corrected chi connectivity index (χ4v) is 2.85. The van der Waals surface area contributed by atoms with E-state index in [1.165, 1.54) is 0 Å². The van der Waals surface area contributed by atoms with Crippen molar-refractivity contribution in [3.8, 4) is 0 Å². The Morgan fingerprint density at radius 3 is 2.41 bits per heavy atom. The molecule has 2 saturated carbocycles. The lowest BCUT2D eigenvalue weighted by molar-refractivity contribution is -0.121. The van der Waals surface area contributed by atoms with E-state index in [-0.39, 0.29) is 5.92 Å². The van der Waals surface area contributed by atoms with Gasteiger partial charge in [-0.25, -0.2) is 0 Å². The highest BCUT2D eigenvalue weighted by Crippen LogP contribution is 2.40. The molecule has 0 amide bonds. The van der Waals surface area contributed by atoms with Gasteiger partial charge in [-0.2, -0.15) is 0 Å². The first-order valence-corrected chi connectivity index (χ1v) is 7.02. The molecule has 0 heterocycles. The molecule has 2 heteroatoms. The van der Waals surface area contributed by atoms with Gasteiger partial charge in [-0.1, -0.05) is 6.08 Å². The maximum absolute atomic E-state index is 12.2. The summed E-state index contributed by atoms with van der Waals surface area (Å²) in [5, 5.41) is 0. The Bertz CT molecular complexity index is 372. The predicted octanol–water partition coefficient (Wildman–Crippen LogP) is 3.06. The Hall–Kier alpha value is -0.920. The van der Waals surface area contributed by atoms with E-state index in [1.54, 1.807) is 0 Å². The van der Waals surface area contributed by atoms with Crippen LogP contribution in [0.1, 0.15) is 51.4 Å². The van der Waals surface area contributed by atoms with Gasteiger partial charge in [0.25, 0.3) is 0 Å². The van der Waals surface area contributed by atoms with Crippen molar-refractivity contribution >= 4 is 11.6 Å². The summed E-state index contributed by atoms with van der Waals surface area (Å²) in [5.41, 5.74) is 1.01. The third kappa shape index (κ3) is 2.51. The SMILES string of the molecule is O=C(CC1CCCC=C1C(=O)C1CC1)C1CC1. The van der Waals surface area contributed by atoms with Crippen LogP contribution in [0.2, 0.25) is 0 Å². The van der Waals surface area contributed by atoms with Crippen LogP contribution in [0.25, 0.3) is 0 Å². The second-order valence-electron chi connectivity index (χ2n) is 5.87. The van der Waals surface area contributed by atoms with Crippen LogP contribution in [0.4, 0.5) is 0 Å². The third-order valence-corrected chi connectivity index (χ3v) is 4.27. The van der Waals surface area contributed by atoms with Crippen LogP contribution in [-0.2, 0) is 9.59 Å². The molecular formula is C15H20O2. The normalized spacial score (nSPS) is 28.7. The summed E-state index contributed by atoms with van der Waals surface area (Å²) in [4.78, 5) is 24.0. The van der Waals surface area contributed by atoms with Crippen molar-refractivity contribution < 1.29 is 9.59 Å². The van der Waals surface area contributed by atoms with E-state index in [4.69, 9.17) is 0 Å². The van der Waals surface area contributed by atoms with Gasteiger partial charge in [0.05, 0.1) is 0 Å². The Morgan fingerprint density at radius 1 is 1.06 bits per heavy atom. The lowest BCUT2D eigenvalue weighted by atomic mass is 9.80. The Morgan fingerprint density at radius 2 is 1.76 bits per heavy atom. The highest BCUT2D eigenvalue weighted by molar-refractivity contribution is 6.00. The summed E-state index contributed by atoms with van der Waals surface area (Å²) in [6, 6.07) is 0. The molecule has 1 unspecified atom stereocenters. The maximum atomic E-state index is 12.2. The van der Waals surface area contributed by atoms with Gasteiger partial charge >= 0.3 is 0 Å². The molecule has 3 rings (SSSR count). The largest absolute Gasteiger partial charge is 0.299 e. The molecule has 0 N–H and O–H groups in total. The van der Waals surface area contributed by atoms with Gasteiger partial charge < -0.3 is 0 Å². The molecule has 0 spiro atoms. The number of rotatable bonds is 5. The first kappa shape index (κ1) is 11.2. The van der Waals surface area contributed by atoms with Crippen molar-refractivity contribution in [2.24, 2.45) is 17.8 Å². The minimum absolute atomic E-state index is 0.255. The summed E-state index contributed by atoms with van der Waals surface area (Å²) >= 11 is 0. The van der Waals surface area contributed by atoms with Crippen LogP contribution in [-0.4, -0.2) is 11.6 Å². The molecule has 0 bridgehead atoms. The zero-order valence-electron chi connectivity index (χ0n) is 10.3. The number of hydrogen-bond acceptors (Lipinski definition) is 2. The highest BCUT2D eigenvalue weighted by atomic mass is 16.1. The van der Waals surface area contributed by atoms with Gasteiger partial charge in [0.1, 0.15) is 5.78 Å². The molecule has 3 aliphatic carbocycles. The smallest absolute Gasteiger partial charge is 0.161 e. The van der Waals surface area contributed by atoms with E-state index in [9.17, 15) is 9.59 Å². The predicted molar refractivity (Wildman–Crippen MR) is 65.5 cm³/mol. The first-order valence-electron chi connectivity index (χ1n) is 7.02. The van der Waals surface area contributed by atoms with E-state index in [1.807, 2.05) is 0 Å². The lowest BCUT2D eigenvalue weighted by Gasteiger charge is -2.23. The van der Waals surface area contributed by atoms with Gasteiger partial charge in [0, 0.05) is 18.3 Å². The quantitative estimate of drug-likeness (QED) is 0.730. The number of hydrogen-bond donors (Lipinski definition) is 0. The molecule has 0 radical (unpaired) electrons. The van der Waals surface area contributed by atoms with Gasteiger partial charge in [0.15, 0.2) is 5.78 Å². The number of carbonyl (C=O) groups excluding carboxylic acids is 2. The highest BCUT2D eigenvalue weighted by Gasteiger charge is 2.37. The second kappa shape index (κ2) is 4.40. The molecule has 92 valence electrons. The van der Waals surface area contributed by atoms with E-state index >= 15 is 0 Å². The van der Waals surface area contributed by atoms with E-state index in [2.05, 4.69) is 6.08 Å². The first-order chi connectivity index (χ1) is 8.25. The van der Waals surface area contributed by atoms with Crippen LogP contribution >= 0.6 is 0 Å². The lowest BCUT2D eigenvalue weighted by Crippen LogP contribution is -2.21. The minimum atomic E-state index is 0.255. The van der Waals surface area contributed by atoms with Crippen molar-refractivity contribution in [1.82, 2.24) is 0 Å². The van der Waals surface area contributed by atoms with Gasteiger partial charge in [0.2, 0.25) is 0 Å². The molecule has 3 aliphatic rings. The molecule has 1 atom stereocenters. The summed E-state index contributed by atoms with van der Waals surface area (Å²) < 4.78 is 0. The third-order valence-electron chi connectivity index (χ3n) is 4.27. The number of carbonyl (C=O) groups is 2. The van der Waals surface area contributed by atoms with E-state index in [0.29, 0.717) is 29.8 Å². The second-order valence-corrected chi connectivity index (χ2v) is 5.87. The van der Waals surface area contributed by atoms with E-state index < -0.39 is 0 Å². The summed E-state index contributed by atoms with van der Waals surface area (Å²) in [5.74, 6) is 1.67. The van der Waals surface area contributed by atoms with Crippen LogP contribution in [0.5, 0.6) is 0 Å². The Balaban J connectivity index is 1.67. The number of Topliss-reactive ketones (excluding diaryl/α,β-unsaturated/α-hetero) is 2. The zero-order chi connectivity index (χ0) is 11.8. The molecule has 17 heavy (non-hydrogen) atoms. The maximum Gasteiger partial charge on any atom is 0.161 e. The Labute approximate surface area is 102 Å². The van der Waals surface area contributed by atoms with Crippen LogP contribution in [0, 0.1) is 17.8 Å². The fourth-order valence-electron chi connectivity index (χ4n) is 2.85. The van der Waals surface area contributed by atoms with Gasteiger partial charge in [-0.05, 0) is 56.4 Å². The molecule has 0 aromatic heterocycles. The van der Waals surface area contributed by atoms with Crippen molar-refractivity contribution in [1.29, 1.82) is 0 Å². The monoisotopic (exact) mass is 232 g/mol. The minimum Gasteiger partial charge on any atom is -0.299 e. The standard InChI is InChI=1S/C15H20O2/c16-14(10-5-6-10)9-12-3-1-2-4-13(12)15(17)11-7-8-11/h4,10-12H,1-3,5-9H2. The summed E-state index contributed by atoms with van der Waals surface area (Å²) in [6.07, 6.45) is 10.3. The number of ketones is 2. The van der Waals surface area contributed by atoms with Crippen molar-refractivity contribution in [3.63, 3.8) is 0 Å². The fraction of sp³-hybridized carbons (Fsp3) is 0.733. The Kier molecular flexibility index (Phi) is 2.89. The van der Waals surface area contributed by atoms with Gasteiger partial charge in [-0.3, -0.25) is 9.59 Å². The summed E-state index contributed by atoms with van der Waals surface area (Å²) in [7, 11) is 0. The number of allylic oxidation sites excluding steroid dienone is 2. The average molecular weight is 232 g/mol. The molecule has 0 saturated heterocycles. The molecule has 0 aliphatic heterocycles.